The average Bonchev–Trinajstić information content (AvgIpc) is 3.26. The van der Waals surface area contributed by atoms with E-state index in [0.29, 0.717) is 39.1 Å². The smallest absolute Gasteiger partial charge is 0.311 e. The van der Waals surface area contributed by atoms with Crippen molar-refractivity contribution in [2.45, 2.75) is 18.6 Å². The molecule has 0 radical (unpaired) electrons. The van der Waals surface area contributed by atoms with Gasteiger partial charge in [-0.15, -0.1) is 10.2 Å². The number of piperidine rings is 1. The highest BCUT2D eigenvalue weighted by molar-refractivity contribution is 5.89. The molecule has 0 aliphatic carbocycles. The Morgan fingerprint density at radius 2 is 1.83 bits per heavy atom. The molecule has 126 valence electrons. The van der Waals surface area contributed by atoms with E-state index < -0.39 is 11.6 Å². The Bertz CT molecular complexity index is 747. The molecule has 2 aliphatic heterocycles. The van der Waals surface area contributed by atoms with E-state index in [1.54, 1.807) is 17.0 Å². The number of hydrogen-bond donors (Lipinski definition) is 0. The predicted octanol–water partition coefficient (Wildman–Crippen LogP) is 1.85. The number of aromatic nitrogens is 2. The van der Waals surface area contributed by atoms with E-state index in [4.69, 9.17) is 13.9 Å². The van der Waals surface area contributed by atoms with Crippen LogP contribution in [0, 0.1) is 5.82 Å². The molecule has 0 bridgehead atoms. The van der Waals surface area contributed by atoms with Gasteiger partial charge in [0, 0.05) is 25.9 Å². The average molecular weight is 333 g/mol. The lowest BCUT2D eigenvalue weighted by Crippen LogP contribution is -2.47. The third-order valence-electron chi connectivity index (χ3n) is 4.34. The van der Waals surface area contributed by atoms with E-state index in [1.165, 1.54) is 12.1 Å². The molecule has 1 aromatic carbocycles. The van der Waals surface area contributed by atoms with Crippen LogP contribution in [0.15, 0.2) is 28.7 Å². The first-order valence-electron chi connectivity index (χ1n) is 7.82. The molecule has 1 spiro atoms. The molecule has 1 amide bonds. The number of amides is 1. The molecule has 2 aromatic rings. The van der Waals surface area contributed by atoms with Gasteiger partial charge in [0.1, 0.15) is 5.82 Å². The summed E-state index contributed by atoms with van der Waals surface area (Å²) in [6.07, 6.45) is 1.21. The van der Waals surface area contributed by atoms with Crippen LogP contribution in [-0.2, 0) is 9.47 Å². The molecular weight excluding hydrogens is 317 g/mol. The van der Waals surface area contributed by atoms with Crippen molar-refractivity contribution in [1.29, 1.82) is 0 Å². The van der Waals surface area contributed by atoms with Crippen LogP contribution in [0.2, 0.25) is 0 Å². The lowest BCUT2D eigenvalue weighted by molar-refractivity contribution is -0.181. The molecule has 4 rings (SSSR count). The van der Waals surface area contributed by atoms with Crippen molar-refractivity contribution in [3.05, 3.63) is 36.0 Å². The van der Waals surface area contributed by atoms with Crippen molar-refractivity contribution in [1.82, 2.24) is 15.1 Å². The molecule has 1 aromatic heterocycles. The van der Waals surface area contributed by atoms with E-state index in [1.807, 2.05) is 0 Å². The van der Waals surface area contributed by atoms with Crippen LogP contribution in [-0.4, -0.2) is 53.1 Å². The van der Waals surface area contributed by atoms with Crippen molar-refractivity contribution >= 4 is 5.91 Å². The molecule has 2 saturated heterocycles. The molecule has 0 unspecified atom stereocenters. The molecule has 0 N–H and O–H groups in total. The first kappa shape index (κ1) is 15.2. The Morgan fingerprint density at radius 3 is 2.54 bits per heavy atom. The predicted molar refractivity (Wildman–Crippen MR) is 79.5 cm³/mol. The van der Waals surface area contributed by atoms with Gasteiger partial charge in [0.05, 0.1) is 18.8 Å². The van der Waals surface area contributed by atoms with E-state index in [-0.39, 0.29) is 23.3 Å². The first-order valence-corrected chi connectivity index (χ1v) is 7.82. The Kier molecular flexibility index (Phi) is 3.78. The van der Waals surface area contributed by atoms with Crippen LogP contribution in [0.1, 0.15) is 23.5 Å². The van der Waals surface area contributed by atoms with Gasteiger partial charge in [-0.25, -0.2) is 4.39 Å². The Hall–Kier alpha value is -2.32. The van der Waals surface area contributed by atoms with Crippen molar-refractivity contribution in [3.63, 3.8) is 0 Å². The summed E-state index contributed by atoms with van der Waals surface area (Å²) in [5.74, 6) is -1.54. The summed E-state index contributed by atoms with van der Waals surface area (Å²) in [4.78, 5) is 14.1. The Balaban J connectivity index is 1.47. The second-order valence-electron chi connectivity index (χ2n) is 5.79. The van der Waals surface area contributed by atoms with Gasteiger partial charge < -0.3 is 18.8 Å². The van der Waals surface area contributed by atoms with Crippen LogP contribution < -0.4 is 0 Å². The fourth-order valence-electron chi connectivity index (χ4n) is 3.02. The Morgan fingerprint density at radius 1 is 1.12 bits per heavy atom. The summed E-state index contributed by atoms with van der Waals surface area (Å²) in [6.45, 7) is 2.14. The van der Waals surface area contributed by atoms with Gasteiger partial charge in [-0.05, 0) is 12.1 Å². The highest BCUT2D eigenvalue weighted by Crippen LogP contribution is 2.31. The van der Waals surface area contributed by atoms with Gasteiger partial charge in [-0.3, -0.25) is 4.79 Å². The minimum Gasteiger partial charge on any atom is -0.412 e. The van der Waals surface area contributed by atoms with Gasteiger partial charge in [-0.2, -0.15) is 0 Å². The molecule has 3 heterocycles. The molecule has 0 saturated carbocycles. The van der Waals surface area contributed by atoms with Gasteiger partial charge in [-0.1, -0.05) is 12.1 Å². The van der Waals surface area contributed by atoms with E-state index in [9.17, 15) is 9.18 Å². The largest absolute Gasteiger partial charge is 0.412 e. The number of ether oxygens (including phenoxy) is 2. The monoisotopic (exact) mass is 333 g/mol. The summed E-state index contributed by atoms with van der Waals surface area (Å²) in [5, 5.41) is 7.54. The lowest BCUT2D eigenvalue weighted by Gasteiger charge is -2.36. The number of rotatable bonds is 2. The molecule has 24 heavy (non-hydrogen) atoms. The maximum atomic E-state index is 13.8. The Labute approximate surface area is 137 Å². The molecule has 2 aliphatic rings. The van der Waals surface area contributed by atoms with Crippen LogP contribution in [0.25, 0.3) is 11.5 Å². The summed E-state index contributed by atoms with van der Waals surface area (Å²) < 4.78 is 30.4. The highest BCUT2D eigenvalue weighted by Gasteiger charge is 2.41. The summed E-state index contributed by atoms with van der Waals surface area (Å²) in [5.41, 5.74) is 0.175. The van der Waals surface area contributed by atoms with E-state index in [0.717, 1.165) is 0 Å². The minimum atomic E-state index is -0.552. The quantitative estimate of drug-likeness (QED) is 0.835. The lowest BCUT2D eigenvalue weighted by atomic mass is 10.0. The van der Waals surface area contributed by atoms with Crippen LogP contribution in [0.3, 0.4) is 0 Å². The summed E-state index contributed by atoms with van der Waals surface area (Å²) in [6, 6.07) is 6.05. The van der Waals surface area contributed by atoms with Crippen LogP contribution in [0.5, 0.6) is 0 Å². The topological polar surface area (TPSA) is 77.7 Å². The van der Waals surface area contributed by atoms with Crippen molar-refractivity contribution in [2.75, 3.05) is 26.3 Å². The molecule has 0 atom stereocenters. The zero-order valence-electron chi connectivity index (χ0n) is 12.9. The maximum Gasteiger partial charge on any atom is 0.311 e. The van der Waals surface area contributed by atoms with Gasteiger partial charge in [0.2, 0.25) is 0 Å². The number of hydrogen-bond acceptors (Lipinski definition) is 6. The zero-order valence-corrected chi connectivity index (χ0v) is 12.9. The number of carbonyl (C=O) groups excluding carboxylic acids is 1. The fourth-order valence-corrected chi connectivity index (χ4v) is 3.02. The number of nitrogens with zero attached hydrogens (tertiary/aromatic N) is 3. The van der Waals surface area contributed by atoms with Crippen LogP contribution >= 0.6 is 0 Å². The number of halogens is 1. The van der Waals surface area contributed by atoms with Gasteiger partial charge in [0.25, 0.3) is 5.89 Å². The van der Waals surface area contributed by atoms with Crippen molar-refractivity contribution < 1.29 is 23.1 Å². The zero-order chi connectivity index (χ0) is 16.6. The minimum absolute atomic E-state index is 0.00705. The normalized spacial score (nSPS) is 19.8. The first-order chi connectivity index (χ1) is 11.7. The van der Waals surface area contributed by atoms with E-state index >= 15 is 0 Å². The maximum absolute atomic E-state index is 13.8. The number of likely N-dealkylation sites (tertiary alicyclic amines) is 1. The second-order valence-corrected chi connectivity index (χ2v) is 5.79. The standard InChI is InChI=1S/C16H16FN3O4/c17-12-4-2-1-3-11(12)13-18-19-14(24-13)15(21)20-7-5-16(6-8-20)22-9-10-23-16/h1-4H,5-10H2. The number of benzene rings is 1. The van der Waals surface area contributed by atoms with Crippen LogP contribution in [0.4, 0.5) is 4.39 Å². The number of carbonyl (C=O) groups is 1. The SMILES string of the molecule is O=C(c1nnc(-c2ccccc2F)o1)N1CCC2(CC1)OCCO2. The molecule has 2 fully saturated rings. The second kappa shape index (κ2) is 5.95. The highest BCUT2D eigenvalue weighted by atomic mass is 19.1. The van der Waals surface area contributed by atoms with E-state index in [2.05, 4.69) is 10.2 Å². The third kappa shape index (κ3) is 2.67. The summed E-state index contributed by atoms with van der Waals surface area (Å²) in [7, 11) is 0. The fraction of sp³-hybridized carbons (Fsp3) is 0.438. The third-order valence-corrected chi connectivity index (χ3v) is 4.34. The van der Waals surface area contributed by atoms with Gasteiger partial charge in [0.15, 0.2) is 5.79 Å². The summed E-state index contributed by atoms with van der Waals surface area (Å²) >= 11 is 0. The van der Waals surface area contributed by atoms with Crippen molar-refractivity contribution in [2.24, 2.45) is 0 Å². The van der Waals surface area contributed by atoms with Crippen molar-refractivity contribution in [3.8, 4) is 11.5 Å². The van der Waals surface area contributed by atoms with Gasteiger partial charge >= 0.3 is 11.8 Å². The molecule has 7 nitrogen and oxygen atoms in total. The molecular formula is C16H16FN3O4. The molecule has 8 heteroatoms.